The standard InChI is InChI=1S/C22H22N4O2/c1-14-8-10-20(28-3)18(12-14)23-22(27)17-9-11-21(25-24-17)26-15(2)13-16-6-4-5-7-19(16)26/h4-12,15H,13H2,1-3H3,(H,23,27). The molecule has 142 valence electrons. The van der Waals surface area contributed by atoms with Crippen molar-refractivity contribution in [2.45, 2.75) is 26.3 Å². The largest absolute Gasteiger partial charge is 0.495 e. The molecule has 3 aromatic rings. The van der Waals surface area contributed by atoms with Gasteiger partial charge in [0.25, 0.3) is 5.91 Å². The molecule has 0 saturated heterocycles. The van der Waals surface area contributed by atoms with Crippen LogP contribution in [0.4, 0.5) is 17.2 Å². The molecule has 1 amide bonds. The maximum absolute atomic E-state index is 12.6. The van der Waals surface area contributed by atoms with Gasteiger partial charge in [0.1, 0.15) is 5.75 Å². The minimum Gasteiger partial charge on any atom is -0.495 e. The van der Waals surface area contributed by atoms with E-state index in [4.69, 9.17) is 4.74 Å². The summed E-state index contributed by atoms with van der Waals surface area (Å²) in [4.78, 5) is 14.8. The number of nitrogens with zero attached hydrogens (tertiary/aromatic N) is 3. The first-order chi connectivity index (χ1) is 13.6. The topological polar surface area (TPSA) is 67.3 Å². The van der Waals surface area contributed by atoms with E-state index in [-0.39, 0.29) is 11.6 Å². The molecule has 2 heterocycles. The van der Waals surface area contributed by atoms with Crippen molar-refractivity contribution in [2.75, 3.05) is 17.3 Å². The van der Waals surface area contributed by atoms with Gasteiger partial charge in [-0.15, -0.1) is 10.2 Å². The van der Waals surface area contributed by atoms with E-state index in [0.29, 0.717) is 17.5 Å². The number of amides is 1. The van der Waals surface area contributed by atoms with Gasteiger partial charge < -0.3 is 15.0 Å². The highest BCUT2D eigenvalue weighted by Gasteiger charge is 2.28. The van der Waals surface area contributed by atoms with E-state index in [0.717, 1.165) is 23.5 Å². The number of rotatable bonds is 4. The molecule has 2 aromatic carbocycles. The third-order valence-electron chi connectivity index (χ3n) is 4.94. The van der Waals surface area contributed by atoms with Crippen molar-refractivity contribution >= 4 is 23.1 Å². The Morgan fingerprint density at radius 3 is 2.71 bits per heavy atom. The molecule has 0 bridgehead atoms. The van der Waals surface area contributed by atoms with Crippen LogP contribution in [0.5, 0.6) is 5.75 Å². The first kappa shape index (κ1) is 18.0. The number of carbonyl (C=O) groups excluding carboxylic acids is 1. The number of aryl methyl sites for hydroxylation is 1. The summed E-state index contributed by atoms with van der Waals surface area (Å²) in [5, 5.41) is 11.3. The molecule has 4 rings (SSSR count). The van der Waals surface area contributed by atoms with Crippen LogP contribution in [0.25, 0.3) is 0 Å². The molecule has 0 fully saturated rings. The van der Waals surface area contributed by atoms with Crippen LogP contribution in [0.3, 0.4) is 0 Å². The zero-order chi connectivity index (χ0) is 19.7. The molecule has 0 radical (unpaired) electrons. The lowest BCUT2D eigenvalue weighted by Gasteiger charge is -2.23. The molecule has 1 aromatic heterocycles. The number of carbonyl (C=O) groups is 1. The third-order valence-corrected chi connectivity index (χ3v) is 4.94. The maximum Gasteiger partial charge on any atom is 0.276 e. The number of anilines is 3. The van der Waals surface area contributed by atoms with Crippen molar-refractivity contribution < 1.29 is 9.53 Å². The second-order valence-corrected chi connectivity index (χ2v) is 6.99. The van der Waals surface area contributed by atoms with Crippen LogP contribution in [0, 0.1) is 6.92 Å². The summed E-state index contributed by atoms with van der Waals surface area (Å²) in [6.07, 6.45) is 0.966. The van der Waals surface area contributed by atoms with E-state index in [1.807, 2.05) is 43.3 Å². The van der Waals surface area contributed by atoms with Crippen molar-refractivity contribution in [3.8, 4) is 5.75 Å². The van der Waals surface area contributed by atoms with Gasteiger partial charge in [-0.25, -0.2) is 0 Å². The van der Waals surface area contributed by atoms with Crippen LogP contribution >= 0.6 is 0 Å². The van der Waals surface area contributed by atoms with Crippen molar-refractivity contribution in [1.29, 1.82) is 0 Å². The molecule has 1 aliphatic rings. The van der Waals surface area contributed by atoms with E-state index in [1.165, 1.54) is 5.56 Å². The number of nitrogens with one attached hydrogen (secondary N) is 1. The van der Waals surface area contributed by atoms with Gasteiger partial charge in [0.2, 0.25) is 0 Å². The fraction of sp³-hybridized carbons (Fsp3) is 0.227. The van der Waals surface area contributed by atoms with Crippen molar-refractivity contribution in [3.63, 3.8) is 0 Å². The number of aromatic nitrogens is 2. The second kappa shape index (κ2) is 7.31. The zero-order valence-electron chi connectivity index (χ0n) is 16.1. The van der Waals surface area contributed by atoms with Crippen LogP contribution in [-0.4, -0.2) is 29.3 Å². The van der Waals surface area contributed by atoms with Crippen molar-refractivity contribution in [3.05, 3.63) is 71.4 Å². The lowest BCUT2D eigenvalue weighted by atomic mass is 10.1. The van der Waals surface area contributed by atoms with Gasteiger partial charge >= 0.3 is 0 Å². The summed E-state index contributed by atoms with van der Waals surface area (Å²) in [5.41, 5.74) is 4.34. The number of benzene rings is 2. The first-order valence-electron chi connectivity index (χ1n) is 9.23. The van der Waals surface area contributed by atoms with E-state index < -0.39 is 0 Å². The quantitative estimate of drug-likeness (QED) is 0.744. The zero-order valence-corrected chi connectivity index (χ0v) is 16.1. The van der Waals surface area contributed by atoms with Crippen LogP contribution in [-0.2, 0) is 6.42 Å². The van der Waals surface area contributed by atoms with Crippen LogP contribution < -0.4 is 15.0 Å². The molecule has 1 atom stereocenters. The number of ether oxygens (including phenoxy) is 1. The predicted molar refractivity (Wildman–Crippen MR) is 109 cm³/mol. The Hall–Kier alpha value is -3.41. The molecular formula is C22H22N4O2. The monoisotopic (exact) mass is 374 g/mol. The highest BCUT2D eigenvalue weighted by molar-refractivity contribution is 6.03. The molecule has 0 saturated carbocycles. The summed E-state index contributed by atoms with van der Waals surface area (Å²) in [5.74, 6) is 1.02. The van der Waals surface area contributed by atoms with Gasteiger partial charge in [-0.1, -0.05) is 24.3 Å². The highest BCUT2D eigenvalue weighted by atomic mass is 16.5. The molecular weight excluding hydrogens is 352 g/mol. The Balaban J connectivity index is 1.56. The number of hydrogen-bond acceptors (Lipinski definition) is 5. The van der Waals surface area contributed by atoms with Crippen LogP contribution in [0.2, 0.25) is 0 Å². The summed E-state index contributed by atoms with van der Waals surface area (Å²) in [7, 11) is 1.57. The average molecular weight is 374 g/mol. The lowest BCUT2D eigenvalue weighted by molar-refractivity contribution is 0.102. The first-order valence-corrected chi connectivity index (χ1v) is 9.23. The Bertz CT molecular complexity index is 1020. The molecule has 28 heavy (non-hydrogen) atoms. The third kappa shape index (κ3) is 3.29. The summed E-state index contributed by atoms with van der Waals surface area (Å²) < 4.78 is 5.31. The minimum absolute atomic E-state index is 0.257. The Labute approximate surface area is 164 Å². The molecule has 0 spiro atoms. The van der Waals surface area contributed by atoms with Crippen molar-refractivity contribution in [2.24, 2.45) is 0 Å². The molecule has 6 heteroatoms. The van der Waals surface area contributed by atoms with Gasteiger partial charge in [-0.3, -0.25) is 4.79 Å². The number of para-hydroxylation sites is 1. The van der Waals surface area contributed by atoms with Crippen molar-refractivity contribution in [1.82, 2.24) is 10.2 Å². The Kier molecular flexibility index (Phi) is 4.69. The van der Waals surface area contributed by atoms with Gasteiger partial charge in [-0.05, 0) is 61.7 Å². The number of fused-ring (bicyclic) bond motifs is 1. The van der Waals surface area contributed by atoms with E-state index >= 15 is 0 Å². The maximum atomic E-state index is 12.6. The minimum atomic E-state index is -0.321. The van der Waals surface area contributed by atoms with Crippen LogP contribution in [0.15, 0.2) is 54.6 Å². The van der Waals surface area contributed by atoms with Gasteiger partial charge in [0.15, 0.2) is 11.5 Å². The van der Waals surface area contributed by atoms with E-state index in [9.17, 15) is 4.79 Å². The Morgan fingerprint density at radius 1 is 1.14 bits per heavy atom. The fourth-order valence-corrected chi connectivity index (χ4v) is 3.60. The van der Waals surface area contributed by atoms with Crippen LogP contribution in [0.1, 0.15) is 28.5 Å². The predicted octanol–water partition coefficient (Wildman–Crippen LogP) is 4.13. The molecule has 1 aliphatic heterocycles. The Morgan fingerprint density at radius 2 is 1.96 bits per heavy atom. The summed E-state index contributed by atoms with van der Waals surface area (Å²) in [6.45, 7) is 4.12. The molecule has 1 N–H and O–H groups in total. The summed E-state index contributed by atoms with van der Waals surface area (Å²) in [6, 6.07) is 17.7. The second-order valence-electron chi connectivity index (χ2n) is 6.99. The fourth-order valence-electron chi connectivity index (χ4n) is 3.60. The molecule has 6 nitrogen and oxygen atoms in total. The van der Waals surface area contributed by atoms with E-state index in [1.54, 1.807) is 13.2 Å². The normalized spacial score (nSPS) is 15.2. The number of hydrogen-bond donors (Lipinski definition) is 1. The number of methoxy groups -OCH3 is 1. The van der Waals surface area contributed by atoms with Gasteiger partial charge in [-0.2, -0.15) is 0 Å². The van der Waals surface area contributed by atoms with Gasteiger partial charge in [0.05, 0.1) is 12.8 Å². The molecule has 0 aliphatic carbocycles. The smallest absolute Gasteiger partial charge is 0.276 e. The molecule has 1 unspecified atom stereocenters. The summed E-state index contributed by atoms with van der Waals surface area (Å²) >= 11 is 0. The lowest BCUT2D eigenvalue weighted by Crippen LogP contribution is -2.25. The van der Waals surface area contributed by atoms with E-state index in [2.05, 4.69) is 39.5 Å². The highest BCUT2D eigenvalue weighted by Crippen LogP contribution is 2.36. The van der Waals surface area contributed by atoms with Gasteiger partial charge in [0, 0.05) is 11.7 Å². The SMILES string of the molecule is COc1ccc(C)cc1NC(=O)c1ccc(N2c3ccccc3CC2C)nn1. The average Bonchev–Trinajstić information content (AvgIpc) is 3.04.